The predicted molar refractivity (Wildman–Crippen MR) is 83.3 cm³/mol. The largest absolute Gasteiger partial charge is 0.465 e. The fourth-order valence-electron chi connectivity index (χ4n) is 1.79. The summed E-state index contributed by atoms with van der Waals surface area (Å²) in [6.07, 6.45) is 1.43. The van der Waals surface area contributed by atoms with E-state index in [1.165, 1.54) is 35.7 Å². The van der Waals surface area contributed by atoms with Crippen LogP contribution in [0.5, 0.6) is 0 Å². The van der Waals surface area contributed by atoms with E-state index in [-0.39, 0.29) is 19.0 Å². The first kappa shape index (κ1) is 18.0. The number of methoxy groups -OCH3 is 1. The number of ether oxygens (including phenoxy) is 1. The average Bonchev–Trinajstić information content (AvgIpc) is 2.49. The van der Waals surface area contributed by atoms with Crippen LogP contribution in [0.1, 0.15) is 23.7 Å². The van der Waals surface area contributed by atoms with Gasteiger partial charge in [0.05, 0.1) is 31.2 Å². The maximum absolute atomic E-state index is 11.9. The van der Waals surface area contributed by atoms with Crippen molar-refractivity contribution in [2.75, 3.05) is 30.8 Å². The highest BCUT2D eigenvalue weighted by molar-refractivity contribution is 7.92. The van der Waals surface area contributed by atoms with Crippen molar-refractivity contribution in [3.05, 3.63) is 29.8 Å². The lowest BCUT2D eigenvalue weighted by Crippen LogP contribution is -2.38. The van der Waals surface area contributed by atoms with Gasteiger partial charge >= 0.3 is 5.97 Å². The van der Waals surface area contributed by atoms with Gasteiger partial charge in [0.15, 0.2) is 0 Å². The summed E-state index contributed by atoms with van der Waals surface area (Å²) in [6.45, 7) is 2.04. The third kappa shape index (κ3) is 5.03. The molecule has 0 saturated heterocycles. The molecule has 0 fully saturated rings. The maximum Gasteiger partial charge on any atom is 0.337 e. The van der Waals surface area contributed by atoms with Crippen LogP contribution < -0.4 is 9.62 Å². The number of sulfonamides is 1. The molecule has 122 valence electrons. The molecule has 0 bridgehead atoms. The highest BCUT2D eigenvalue weighted by Gasteiger charge is 2.18. The molecule has 8 heteroatoms. The Hall–Kier alpha value is -2.09. The van der Waals surface area contributed by atoms with Gasteiger partial charge in [-0.25, -0.2) is 13.2 Å². The van der Waals surface area contributed by atoms with E-state index in [0.29, 0.717) is 17.7 Å². The van der Waals surface area contributed by atoms with E-state index in [1.54, 1.807) is 6.92 Å². The molecule has 0 aliphatic rings. The van der Waals surface area contributed by atoms with E-state index >= 15 is 0 Å². The second kappa shape index (κ2) is 7.79. The fraction of sp³-hybridized carbons (Fsp3) is 0.429. The molecule has 22 heavy (non-hydrogen) atoms. The number of esters is 1. The number of nitrogens with zero attached hydrogens (tertiary/aromatic N) is 1. The third-order valence-corrected chi connectivity index (χ3v) is 4.13. The molecule has 1 rings (SSSR count). The maximum atomic E-state index is 11.9. The zero-order valence-electron chi connectivity index (χ0n) is 12.8. The van der Waals surface area contributed by atoms with Gasteiger partial charge in [-0.3, -0.25) is 9.10 Å². The van der Waals surface area contributed by atoms with Gasteiger partial charge in [-0.1, -0.05) is 6.92 Å². The molecular formula is C14H20N2O5S. The molecule has 0 aromatic heterocycles. The van der Waals surface area contributed by atoms with Crippen molar-refractivity contribution in [3.63, 3.8) is 0 Å². The Bertz CT molecular complexity index is 625. The number of carbonyl (C=O) groups is 2. The van der Waals surface area contributed by atoms with E-state index in [2.05, 4.69) is 10.1 Å². The first-order valence-electron chi connectivity index (χ1n) is 6.72. The molecule has 0 radical (unpaired) electrons. The second-order valence-corrected chi connectivity index (χ2v) is 6.48. The molecule has 0 heterocycles. The number of hydrogen-bond donors (Lipinski definition) is 1. The summed E-state index contributed by atoms with van der Waals surface area (Å²) in [5.74, 6) is -0.637. The summed E-state index contributed by atoms with van der Waals surface area (Å²) in [4.78, 5) is 22.6. The van der Waals surface area contributed by atoms with Crippen LogP contribution >= 0.6 is 0 Å². The Kier molecular flexibility index (Phi) is 6.36. The predicted octanol–water partition coefficient (Wildman–Crippen LogP) is 0.765. The van der Waals surface area contributed by atoms with Crippen LogP contribution in [0, 0.1) is 0 Å². The normalized spacial score (nSPS) is 10.9. The van der Waals surface area contributed by atoms with Crippen molar-refractivity contribution in [1.29, 1.82) is 0 Å². The van der Waals surface area contributed by atoms with Gasteiger partial charge in [-0.05, 0) is 24.3 Å². The summed E-state index contributed by atoms with van der Waals surface area (Å²) in [7, 11) is -2.22. The topological polar surface area (TPSA) is 92.8 Å². The molecule has 7 nitrogen and oxygen atoms in total. The van der Waals surface area contributed by atoms with Crippen LogP contribution in [0.25, 0.3) is 0 Å². The standard InChI is InChI=1S/C14H20N2O5S/c1-4-13(17)15-9-10-16(22(3,19)20)12-7-5-11(6-8-12)14(18)21-2/h5-8H,4,9-10H2,1-3H3,(H,15,17). The minimum atomic E-state index is -3.50. The lowest BCUT2D eigenvalue weighted by Gasteiger charge is -2.22. The Labute approximate surface area is 130 Å². The van der Waals surface area contributed by atoms with Crippen molar-refractivity contribution in [2.45, 2.75) is 13.3 Å². The molecule has 0 aliphatic heterocycles. The molecule has 1 amide bonds. The van der Waals surface area contributed by atoms with E-state index in [9.17, 15) is 18.0 Å². The number of hydrogen-bond acceptors (Lipinski definition) is 5. The SMILES string of the molecule is CCC(=O)NCCN(c1ccc(C(=O)OC)cc1)S(C)(=O)=O. The molecule has 0 atom stereocenters. The zero-order valence-corrected chi connectivity index (χ0v) is 13.6. The van der Waals surface area contributed by atoms with Gasteiger partial charge in [-0.15, -0.1) is 0 Å². The van der Waals surface area contributed by atoms with Crippen molar-refractivity contribution in [1.82, 2.24) is 5.32 Å². The summed E-state index contributed by atoms with van der Waals surface area (Å²) in [5.41, 5.74) is 0.750. The van der Waals surface area contributed by atoms with E-state index < -0.39 is 16.0 Å². The minimum Gasteiger partial charge on any atom is -0.465 e. The van der Waals surface area contributed by atoms with Crippen LogP contribution in [-0.2, 0) is 19.6 Å². The number of carbonyl (C=O) groups excluding carboxylic acids is 2. The summed E-state index contributed by atoms with van der Waals surface area (Å²) in [5, 5.41) is 2.62. The monoisotopic (exact) mass is 328 g/mol. The van der Waals surface area contributed by atoms with Gasteiger partial charge in [0.1, 0.15) is 0 Å². The smallest absolute Gasteiger partial charge is 0.337 e. The van der Waals surface area contributed by atoms with E-state index in [4.69, 9.17) is 0 Å². The third-order valence-electron chi connectivity index (χ3n) is 2.93. The number of benzene rings is 1. The molecule has 0 unspecified atom stereocenters. The number of rotatable bonds is 7. The van der Waals surface area contributed by atoms with Gasteiger partial charge in [0.25, 0.3) is 0 Å². The lowest BCUT2D eigenvalue weighted by molar-refractivity contribution is -0.120. The molecule has 1 aromatic rings. The molecule has 1 N–H and O–H groups in total. The number of nitrogens with one attached hydrogen (secondary N) is 1. The Morgan fingerprint density at radius 1 is 1.23 bits per heavy atom. The number of anilines is 1. The first-order valence-corrected chi connectivity index (χ1v) is 8.57. The Morgan fingerprint density at radius 2 is 1.82 bits per heavy atom. The quantitative estimate of drug-likeness (QED) is 0.746. The van der Waals surface area contributed by atoms with Crippen LogP contribution in [0.4, 0.5) is 5.69 Å². The van der Waals surface area contributed by atoms with Gasteiger partial charge in [0, 0.05) is 13.0 Å². The molecule has 1 aromatic carbocycles. The molecular weight excluding hydrogens is 308 g/mol. The fourth-order valence-corrected chi connectivity index (χ4v) is 2.72. The highest BCUT2D eigenvalue weighted by atomic mass is 32.2. The zero-order chi connectivity index (χ0) is 16.8. The average molecular weight is 328 g/mol. The minimum absolute atomic E-state index is 0.113. The number of amides is 1. The molecule has 0 spiro atoms. The van der Waals surface area contributed by atoms with E-state index in [1.807, 2.05) is 0 Å². The summed E-state index contributed by atoms with van der Waals surface area (Å²) < 4.78 is 29.5. The molecule has 0 saturated carbocycles. The lowest BCUT2D eigenvalue weighted by atomic mass is 10.2. The van der Waals surface area contributed by atoms with E-state index in [0.717, 1.165) is 6.26 Å². The van der Waals surface area contributed by atoms with Gasteiger partial charge in [-0.2, -0.15) is 0 Å². The Balaban J connectivity index is 2.89. The van der Waals surface area contributed by atoms with Crippen LogP contribution in [0.2, 0.25) is 0 Å². The first-order chi connectivity index (χ1) is 10.3. The highest BCUT2D eigenvalue weighted by Crippen LogP contribution is 2.18. The van der Waals surface area contributed by atoms with Crippen LogP contribution in [0.15, 0.2) is 24.3 Å². The van der Waals surface area contributed by atoms with Crippen molar-refractivity contribution in [3.8, 4) is 0 Å². The summed E-state index contributed by atoms with van der Waals surface area (Å²) in [6, 6.07) is 6.03. The van der Waals surface area contributed by atoms with Crippen molar-refractivity contribution in [2.24, 2.45) is 0 Å². The molecule has 0 aliphatic carbocycles. The second-order valence-electron chi connectivity index (χ2n) is 4.58. The summed E-state index contributed by atoms with van der Waals surface area (Å²) >= 11 is 0. The van der Waals surface area contributed by atoms with Crippen LogP contribution in [0.3, 0.4) is 0 Å². The van der Waals surface area contributed by atoms with Crippen molar-refractivity contribution < 1.29 is 22.7 Å². The Morgan fingerprint density at radius 3 is 2.27 bits per heavy atom. The van der Waals surface area contributed by atoms with Crippen molar-refractivity contribution >= 4 is 27.6 Å². The van der Waals surface area contributed by atoms with Gasteiger partial charge < -0.3 is 10.1 Å². The van der Waals surface area contributed by atoms with Gasteiger partial charge in [0.2, 0.25) is 15.9 Å². The van der Waals surface area contributed by atoms with Crippen LogP contribution in [-0.4, -0.2) is 46.7 Å².